The van der Waals surface area contributed by atoms with Crippen LogP contribution in [0.1, 0.15) is 31.7 Å². The highest BCUT2D eigenvalue weighted by atomic mass is 127. The Morgan fingerprint density at radius 1 is 1.32 bits per heavy atom. The standard InChI is InChI=1S/C15H22FIN2/c1-12(11-19-7-3-2-4-8-19)18-10-13-5-6-14(16)9-15(13)17/h5-6,9,12,18H,2-4,7-8,10-11H2,1H3. The predicted octanol–water partition coefficient (Wildman–Crippen LogP) is 3.39. The number of benzene rings is 1. The molecule has 1 aromatic carbocycles. The first kappa shape index (κ1) is 15.2. The van der Waals surface area contributed by atoms with Crippen LogP contribution in [-0.4, -0.2) is 30.6 Å². The Labute approximate surface area is 128 Å². The van der Waals surface area contributed by atoms with Crippen molar-refractivity contribution in [3.8, 4) is 0 Å². The molecule has 0 aromatic heterocycles. The molecule has 1 saturated heterocycles. The molecule has 1 unspecified atom stereocenters. The fourth-order valence-electron chi connectivity index (χ4n) is 2.54. The molecule has 1 N–H and O–H groups in total. The Morgan fingerprint density at radius 2 is 2.05 bits per heavy atom. The van der Waals surface area contributed by atoms with Crippen molar-refractivity contribution in [3.05, 3.63) is 33.1 Å². The van der Waals surface area contributed by atoms with Gasteiger partial charge in [-0.25, -0.2) is 4.39 Å². The van der Waals surface area contributed by atoms with Crippen molar-refractivity contribution in [3.63, 3.8) is 0 Å². The molecule has 106 valence electrons. The van der Waals surface area contributed by atoms with E-state index in [9.17, 15) is 4.39 Å². The summed E-state index contributed by atoms with van der Waals surface area (Å²) in [6.45, 7) is 6.62. The van der Waals surface area contributed by atoms with E-state index in [1.165, 1.54) is 44.0 Å². The zero-order chi connectivity index (χ0) is 13.7. The molecule has 2 nitrogen and oxygen atoms in total. The van der Waals surface area contributed by atoms with Gasteiger partial charge in [-0.1, -0.05) is 12.5 Å². The highest BCUT2D eigenvalue weighted by molar-refractivity contribution is 14.1. The number of hydrogen-bond acceptors (Lipinski definition) is 2. The monoisotopic (exact) mass is 376 g/mol. The van der Waals surface area contributed by atoms with Crippen LogP contribution in [0.5, 0.6) is 0 Å². The summed E-state index contributed by atoms with van der Waals surface area (Å²) in [6.07, 6.45) is 4.05. The van der Waals surface area contributed by atoms with Gasteiger partial charge in [-0.3, -0.25) is 0 Å². The molecule has 1 fully saturated rings. The first-order valence-corrected chi connectivity index (χ1v) is 8.12. The van der Waals surface area contributed by atoms with Crippen LogP contribution in [0, 0.1) is 9.39 Å². The Morgan fingerprint density at radius 3 is 2.74 bits per heavy atom. The minimum Gasteiger partial charge on any atom is -0.309 e. The molecule has 1 aliphatic rings. The molecule has 0 bridgehead atoms. The van der Waals surface area contributed by atoms with Gasteiger partial charge < -0.3 is 10.2 Å². The second-order valence-corrected chi connectivity index (χ2v) is 6.54. The smallest absolute Gasteiger partial charge is 0.124 e. The van der Waals surface area contributed by atoms with Gasteiger partial charge in [-0.05, 0) is 73.1 Å². The molecule has 0 saturated carbocycles. The van der Waals surface area contributed by atoms with E-state index in [1.54, 1.807) is 6.07 Å². The molecule has 1 atom stereocenters. The van der Waals surface area contributed by atoms with Crippen molar-refractivity contribution in [1.82, 2.24) is 10.2 Å². The van der Waals surface area contributed by atoms with Crippen molar-refractivity contribution in [2.75, 3.05) is 19.6 Å². The molecule has 0 amide bonds. The third kappa shape index (κ3) is 5.00. The number of hydrogen-bond donors (Lipinski definition) is 1. The van der Waals surface area contributed by atoms with E-state index < -0.39 is 0 Å². The third-order valence-electron chi connectivity index (χ3n) is 3.64. The first-order valence-electron chi connectivity index (χ1n) is 7.05. The summed E-state index contributed by atoms with van der Waals surface area (Å²) in [7, 11) is 0. The van der Waals surface area contributed by atoms with Crippen LogP contribution in [0.15, 0.2) is 18.2 Å². The molecule has 0 aliphatic carbocycles. The maximum Gasteiger partial charge on any atom is 0.124 e. The number of likely N-dealkylation sites (tertiary alicyclic amines) is 1. The third-order valence-corrected chi connectivity index (χ3v) is 4.64. The summed E-state index contributed by atoms with van der Waals surface area (Å²) in [6, 6.07) is 5.47. The van der Waals surface area contributed by atoms with Crippen molar-refractivity contribution >= 4 is 22.6 Å². The summed E-state index contributed by atoms with van der Waals surface area (Å²) < 4.78 is 14.0. The van der Waals surface area contributed by atoms with E-state index in [-0.39, 0.29) is 5.82 Å². The van der Waals surface area contributed by atoms with E-state index in [0.29, 0.717) is 6.04 Å². The molecule has 1 heterocycles. The zero-order valence-electron chi connectivity index (χ0n) is 11.5. The van der Waals surface area contributed by atoms with E-state index in [4.69, 9.17) is 0 Å². The minimum absolute atomic E-state index is 0.158. The average molecular weight is 376 g/mol. The largest absolute Gasteiger partial charge is 0.309 e. The second kappa shape index (κ2) is 7.55. The lowest BCUT2D eigenvalue weighted by molar-refractivity contribution is 0.209. The van der Waals surface area contributed by atoms with Gasteiger partial charge in [0.05, 0.1) is 0 Å². The second-order valence-electron chi connectivity index (χ2n) is 5.38. The van der Waals surface area contributed by atoms with Crippen LogP contribution >= 0.6 is 22.6 Å². The van der Waals surface area contributed by atoms with Crippen LogP contribution in [0.25, 0.3) is 0 Å². The van der Waals surface area contributed by atoms with Gasteiger partial charge in [0.15, 0.2) is 0 Å². The van der Waals surface area contributed by atoms with Crippen LogP contribution in [0.2, 0.25) is 0 Å². The Kier molecular flexibility index (Phi) is 6.04. The lowest BCUT2D eigenvalue weighted by atomic mass is 10.1. The summed E-state index contributed by atoms with van der Waals surface area (Å²) in [5.41, 5.74) is 1.17. The highest BCUT2D eigenvalue weighted by Gasteiger charge is 2.13. The summed E-state index contributed by atoms with van der Waals surface area (Å²) in [5.74, 6) is -0.158. The van der Waals surface area contributed by atoms with E-state index in [0.717, 1.165) is 16.7 Å². The van der Waals surface area contributed by atoms with Crippen LogP contribution in [0.3, 0.4) is 0 Å². The Balaban J connectivity index is 1.77. The minimum atomic E-state index is -0.158. The van der Waals surface area contributed by atoms with Gasteiger partial charge >= 0.3 is 0 Å². The van der Waals surface area contributed by atoms with Gasteiger partial charge in [-0.2, -0.15) is 0 Å². The lowest BCUT2D eigenvalue weighted by Crippen LogP contribution is -2.41. The molecule has 19 heavy (non-hydrogen) atoms. The van der Waals surface area contributed by atoms with Crippen LogP contribution < -0.4 is 5.32 Å². The Bertz CT molecular complexity index is 405. The van der Waals surface area contributed by atoms with E-state index in [1.807, 2.05) is 6.07 Å². The summed E-state index contributed by atoms with van der Waals surface area (Å²) >= 11 is 2.20. The molecule has 2 rings (SSSR count). The first-order chi connectivity index (χ1) is 9.15. The van der Waals surface area contributed by atoms with Gasteiger partial charge in [0, 0.05) is 22.7 Å². The van der Waals surface area contributed by atoms with Crippen molar-refractivity contribution in [1.29, 1.82) is 0 Å². The van der Waals surface area contributed by atoms with Gasteiger partial charge in [0.25, 0.3) is 0 Å². The lowest BCUT2D eigenvalue weighted by Gasteiger charge is -2.29. The van der Waals surface area contributed by atoms with Gasteiger partial charge in [0.2, 0.25) is 0 Å². The molecule has 0 spiro atoms. The summed E-state index contributed by atoms with van der Waals surface area (Å²) in [4.78, 5) is 2.54. The van der Waals surface area contributed by atoms with E-state index in [2.05, 4.69) is 39.7 Å². The molecule has 1 aromatic rings. The number of nitrogens with zero attached hydrogens (tertiary/aromatic N) is 1. The van der Waals surface area contributed by atoms with Gasteiger partial charge in [0.1, 0.15) is 5.82 Å². The maximum absolute atomic E-state index is 13.0. The fourth-order valence-corrected chi connectivity index (χ4v) is 3.21. The molecular weight excluding hydrogens is 354 g/mol. The average Bonchev–Trinajstić information content (AvgIpc) is 2.39. The van der Waals surface area contributed by atoms with Gasteiger partial charge in [-0.15, -0.1) is 0 Å². The predicted molar refractivity (Wildman–Crippen MR) is 85.7 cm³/mol. The quantitative estimate of drug-likeness (QED) is 0.793. The summed E-state index contributed by atoms with van der Waals surface area (Å²) in [5, 5.41) is 3.54. The fraction of sp³-hybridized carbons (Fsp3) is 0.600. The van der Waals surface area contributed by atoms with E-state index >= 15 is 0 Å². The molecule has 0 radical (unpaired) electrons. The Hall–Kier alpha value is -0.200. The van der Waals surface area contributed by atoms with Crippen LogP contribution in [0.4, 0.5) is 4.39 Å². The highest BCUT2D eigenvalue weighted by Crippen LogP contribution is 2.14. The number of piperidine rings is 1. The molecular formula is C15H22FIN2. The number of rotatable bonds is 5. The van der Waals surface area contributed by atoms with Crippen LogP contribution in [-0.2, 0) is 6.54 Å². The molecule has 1 aliphatic heterocycles. The maximum atomic E-state index is 13.0. The van der Waals surface area contributed by atoms with Crippen molar-refractivity contribution in [2.24, 2.45) is 0 Å². The zero-order valence-corrected chi connectivity index (χ0v) is 13.6. The van der Waals surface area contributed by atoms with Crippen molar-refractivity contribution < 1.29 is 4.39 Å². The SMILES string of the molecule is CC(CN1CCCCC1)NCc1ccc(F)cc1I. The normalized spacial score (nSPS) is 18.5. The number of nitrogens with one attached hydrogen (secondary N) is 1. The number of halogens is 2. The molecule has 4 heteroatoms. The van der Waals surface area contributed by atoms with Crippen molar-refractivity contribution in [2.45, 2.75) is 38.8 Å². The topological polar surface area (TPSA) is 15.3 Å².